The van der Waals surface area contributed by atoms with Gasteiger partial charge in [-0.25, -0.2) is 13.1 Å². The molecule has 2 saturated carbocycles. The summed E-state index contributed by atoms with van der Waals surface area (Å²) in [6.45, 7) is 0.506. The van der Waals surface area contributed by atoms with Crippen LogP contribution < -0.4 is 4.72 Å². The van der Waals surface area contributed by atoms with Crippen LogP contribution in [0.1, 0.15) is 25.7 Å². The van der Waals surface area contributed by atoms with Gasteiger partial charge in [-0.3, -0.25) is 0 Å². The van der Waals surface area contributed by atoms with Crippen molar-refractivity contribution in [3.8, 4) is 0 Å². The van der Waals surface area contributed by atoms with Gasteiger partial charge in [-0.1, -0.05) is 29.6 Å². The average molecular weight is 334 g/mol. The second-order valence-electron chi connectivity index (χ2n) is 5.86. The first-order valence-electron chi connectivity index (χ1n) is 6.90. The Kier molecular flexibility index (Phi) is 4.01. The molecule has 2 fully saturated rings. The fourth-order valence-corrected chi connectivity index (χ4v) is 5.46. The van der Waals surface area contributed by atoms with E-state index >= 15 is 0 Å². The highest BCUT2D eigenvalue weighted by Gasteiger charge is 2.39. The van der Waals surface area contributed by atoms with E-state index in [4.69, 9.17) is 23.2 Å². The third-order valence-electron chi connectivity index (χ3n) is 4.60. The highest BCUT2D eigenvalue weighted by molar-refractivity contribution is 7.89. The number of nitrogens with one attached hydrogen (secondary N) is 1. The third kappa shape index (κ3) is 2.84. The molecule has 1 N–H and O–H groups in total. The van der Waals surface area contributed by atoms with Crippen LogP contribution in [0.3, 0.4) is 0 Å². The van der Waals surface area contributed by atoms with Crippen molar-refractivity contribution in [3.05, 3.63) is 28.2 Å². The Morgan fingerprint density at radius 3 is 2.65 bits per heavy atom. The number of sulfonamides is 1. The van der Waals surface area contributed by atoms with Gasteiger partial charge in [0.05, 0.1) is 5.02 Å². The van der Waals surface area contributed by atoms with Crippen LogP contribution in [0.2, 0.25) is 10.0 Å². The number of hydrogen-bond donors (Lipinski definition) is 1. The summed E-state index contributed by atoms with van der Waals surface area (Å²) in [6, 6.07) is 4.49. The molecule has 6 heteroatoms. The average Bonchev–Trinajstić information content (AvgIpc) is 3.01. The molecule has 0 aromatic heterocycles. The van der Waals surface area contributed by atoms with Crippen LogP contribution in [0.25, 0.3) is 0 Å². The van der Waals surface area contributed by atoms with Gasteiger partial charge in [0.15, 0.2) is 0 Å². The molecule has 0 saturated heterocycles. The van der Waals surface area contributed by atoms with Crippen molar-refractivity contribution < 1.29 is 8.42 Å². The Bertz CT molecular complexity index is 618. The third-order valence-corrected chi connectivity index (χ3v) is 6.74. The zero-order valence-corrected chi connectivity index (χ0v) is 13.3. The molecule has 3 atom stereocenters. The van der Waals surface area contributed by atoms with E-state index in [2.05, 4.69) is 4.72 Å². The molecule has 2 aliphatic rings. The Morgan fingerprint density at radius 2 is 2.00 bits per heavy atom. The molecule has 0 aliphatic heterocycles. The van der Waals surface area contributed by atoms with E-state index in [9.17, 15) is 8.42 Å². The lowest BCUT2D eigenvalue weighted by Gasteiger charge is -2.21. The Hall–Kier alpha value is -0.290. The smallest absolute Gasteiger partial charge is 0.211 e. The Labute approximate surface area is 129 Å². The standard InChI is InChI=1S/C14H17Cl2NO2S/c15-12-3-4-13(16)14(7-12)20(18,19)17-8-11-6-9-1-2-10(11)5-9/h3-4,7,9-11,17H,1-2,5-6,8H2/t9-,10-,11+/m0/s1. The van der Waals surface area contributed by atoms with Gasteiger partial charge >= 0.3 is 0 Å². The van der Waals surface area contributed by atoms with Crippen LogP contribution in [0, 0.1) is 17.8 Å². The highest BCUT2D eigenvalue weighted by Crippen LogP contribution is 2.48. The van der Waals surface area contributed by atoms with Crippen molar-refractivity contribution >= 4 is 33.2 Å². The zero-order chi connectivity index (χ0) is 14.3. The molecule has 2 bridgehead atoms. The zero-order valence-electron chi connectivity index (χ0n) is 11.0. The summed E-state index contributed by atoms with van der Waals surface area (Å²) >= 11 is 11.8. The molecule has 0 unspecified atom stereocenters. The number of rotatable bonds is 4. The van der Waals surface area contributed by atoms with Gasteiger partial charge in [0.25, 0.3) is 0 Å². The van der Waals surface area contributed by atoms with Crippen LogP contribution in [-0.4, -0.2) is 15.0 Å². The maximum absolute atomic E-state index is 12.3. The number of hydrogen-bond acceptors (Lipinski definition) is 2. The van der Waals surface area contributed by atoms with Crippen molar-refractivity contribution in [2.45, 2.75) is 30.6 Å². The van der Waals surface area contributed by atoms with Gasteiger partial charge in [-0.2, -0.15) is 0 Å². The lowest BCUT2D eigenvalue weighted by atomic mass is 9.89. The second-order valence-corrected chi connectivity index (χ2v) is 8.44. The molecule has 0 spiro atoms. The molecule has 1 aromatic carbocycles. The van der Waals surface area contributed by atoms with Gasteiger partial charge in [-0.05, 0) is 55.2 Å². The van der Waals surface area contributed by atoms with E-state index in [1.165, 1.54) is 31.4 Å². The van der Waals surface area contributed by atoms with Gasteiger partial charge in [0.2, 0.25) is 10.0 Å². The molecule has 3 rings (SSSR count). The van der Waals surface area contributed by atoms with Gasteiger partial charge in [0, 0.05) is 11.6 Å². The van der Waals surface area contributed by atoms with E-state index in [-0.39, 0.29) is 9.92 Å². The van der Waals surface area contributed by atoms with E-state index < -0.39 is 10.0 Å². The van der Waals surface area contributed by atoms with Crippen molar-refractivity contribution in [2.75, 3.05) is 6.54 Å². The molecule has 0 amide bonds. The number of fused-ring (bicyclic) bond motifs is 2. The van der Waals surface area contributed by atoms with Crippen molar-refractivity contribution in [1.82, 2.24) is 4.72 Å². The van der Waals surface area contributed by atoms with Crippen molar-refractivity contribution in [3.63, 3.8) is 0 Å². The molecule has 0 heterocycles. The molecule has 20 heavy (non-hydrogen) atoms. The van der Waals surface area contributed by atoms with Gasteiger partial charge in [0.1, 0.15) is 4.90 Å². The highest BCUT2D eigenvalue weighted by atomic mass is 35.5. The first kappa shape index (κ1) is 14.6. The molecule has 2 aliphatic carbocycles. The minimum Gasteiger partial charge on any atom is -0.211 e. The number of halogens is 2. The van der Waals surface area contributed by atoms with Crippen molar-refractivity contribution in [1.29, 1.82) is 0 Å². The van der Waals surface area contributed by atoms with E-state index in [1.54, 1.807) is 6.07 Å². The molecule has 0 radical (unpaired) electrons. The lowest BCUT2D eigenvalue weighted by Crippen LogP contribution is -2.31. The predicted molar refractivity (Wildman–Crippen MR) is 80.6 cm³/mol. The minimum absolute atomic E-state index is 0.0647. The molecule has 1 aromatic rings. The summed E-state index contributed by atoms with van der Waals surface area (Å²) in [4.78, 5) is 0.0647. The topological polar surface area (TPSA) is 46.2 Å². The lowest BCUT2D eigenvalue weighted by molar-refractivity contribution is 0.333. The number of benzene rings is 1. The first-order valence-corrected chi connectivity index (χ1v) is 9.14. The Morgan fingerprint density at radius 1 is 1.20 bits per heavy atom. The van der Waals surface area contributed by atoms with E-state index in [1.807, 2.05) is 0 Å². The summed E-state index contributed by atoms with van der Waals surface area (Å²) in [5.41, 5.74) is 0. The normalized spacial score (nSPS) is 29.0. The maximum Gasteiger partial charge on any atom is 0.242 e. The van der Waals surface area contributed by atoms with Crippen LogP contribution in [-0.2, 0) is 10.0 Å². The van der Waals surface area contributed by atoms with Crippen LogP contribution >= 0.6 is 23.2 Å². The molecular weight excluding hydrogens is 317 g/mol. The Balaban J connectivity index is 1.71. The monoisotopic (exact) mass is 333 g/mol. The van der Waals surface area contributed by atoms with Crippen LogP contribution in [0.15, 0.2) is 23.1 Å². The summed E-state index contributed by atoms with van der Waals surface area (Å²) in [5.74, 6) is 1.98. The van der Waals surface area contributed by atoms with Gasteiger partial charge in [-0.15, -0.1) is 0 Å². The van der Waals surface area contributed by atoms with E-state index in [0.29, 0.717) is 23.4 Å². The minimum atomic E-state index is -3.58. The largest absolute Gasteiger partial charge is 0.242 e. The maximum atomic E-state index is 12.3. The van der Waals surface area contributed by atoms with Crippen LogP contribution in [0.5, 0.6) is 0 Å². The predicted octanol–water partition coefficient (Wildman–Crippen LogP) is 3.71. The van der Waals surface area contributed by atoms with Crippen molar-refractivity contribution in [2.24, 2.45) is 17.8 Å². The summed E-state index contributed by atoms with van der Waals surface area (Å²) < 4.78 is 27.3. The van der Waals surface area contributed by atoms with Crippen LogP contribution in [0.4, 0.5) is 0 Å². The fourth-order valence-electron chi connectivity index (χ4n) is 3.60. The SMILES string of the molecule is O=S(=O)(NC[C@H]1C[C@H]2CC[C@H]1C2)c1cc(Cl)ccc1Cl. The summed E-state index contributed by atoms with van der Waals surface area (Å²) in [5, 5.41) is 0.574. The summed E-state index contributed by atoms with van der Waals surface area (Å²) in [6.07, 6.45) is 4.98. The van der Waals surface area contributed by atoms with Gasteiger partial charge < -0.3 is 0 Å². The second kappa shape index (κ2) is 5.48. The molecular formula is C14H17Cl2NO2S. The van der Waals surface area contributed by atoms with E-state index in [0.717, 1.165) is 12.3 Å². The quantitative estimate of drug-likeness (QED) is 0.912. The first-order chi connectivity index (χ1) is 9.45. The molecule has 3 nitrogen and oxygen atoms in total. The fraction of sp³-hybridized carbons (Fsp3) is 0.571. The summed E-state index contributed by atoms with van der Waals surface area (Å²) in [7, 11) is -3.58. The molecule has 110 valence electrons.